The molecule has 0 aliphatic carbocycles. The average Bonchev–Trinajstić information content (AvgIpc) is 2.14. The van der Waals surface area contributed by atoms with E-state index >= 15 is 0 Å². The summed E-state index contributed by atoms with van der Waals surface area (Å²) in [5, 5.41) is 9.03. The van der Waals surface area contributed by atoms with Crippen LogP contribution in [0.15, 0.2) is 24.3 Å². The van der Waals surface area contributed by atoms with Crippen molar-refractivity contribution in [3.05, 3.63) is 35.7 Å². The molecule has 1 radical (unpaired) electrons. The Bertz CT molecular complexity index is 313. The highest BCUT2D eigenvalue weighted by molar-refractivity contribution is 5.36. The molecule has 2 nitrogen and oxygen atoms in total. The quantitative estimate of drug-likeness (QED) is 0.825. The van der Waals surface area contributed by atoms with Gasteiger partial charge in [-0.2, -0.15) is 0 Å². The van der Waals surface area contributed by atoms with Crippen molar-refractivity contribution in [2.45, 2.75) is 33.3 Å². The van der Waals surface area contributed by atoms with Gasteiger partial charge in [-0.1, -0.05) is 19.1 Å². The Hall–Kier alpha value is -1.02. The van der Waals surface area contributed by atoms with Crippen LogP contribution in [0.25, 0.3) is 0 Å². The topological polar surface area (TPSA) is 29.5 Å². The van der Waals surface area contributed by atoms with Crippen LogP contribution in [0.5, 0.6) is 5.75 Å². The number of ether oxygens (including phenoxy) is 1. The Kier molecular flexibility index (Phi) is 3.75. The molecule has 0 fully saturated rings. The van der Waals surface area contributed by atoms with E-state index in [4.69, 9.17) is 9.84 Å². The number of aliphatic hydroxyl groups is 1. The third kappa shape index (κ3) is 3.92. The van der Waals surface area contributed by atoms with E-state index in [1.807, 2.05) is 52.0 Å². The molecular weight excluding hydrogens is 188 g/mol. The summed E-state index contributed by atoms with van der Waals surface area (Å²) >= 11 is 0. The molecule has 83 valence electrons. The van der Waals surface area contributed by atoms with E-state index in [0.29, 0.717) is 0 Å². The summed E-state index contributed by atoms with van der Waals surface area (Å²) in [5.74, 6) is 1.79. The van der Waals surface area contributed by atoms with Crippen molar-refractivity contribution >= 4 is 0 Å². The Labute approximate surface area is 91.9 Å². The van der Waals surface area contributed by atoms with Gasteiger partial charge in [0.15, 0.2) is 0 Å². The van der Waals surface area contributed by atoms with Crippen molar-refractivity contribution in [1.29, 1.82) is 0 Å². The minimum absolute atomic E-state index is 0.0823. The molecule has 0 atom stereocenters. The standard InChI is InChI=1S/C13H19O2/c1-10(9-14)11-6-5-7-12(8-11)15-13(2,3)4/h5-8,14H,9H2,1-4H3. The van der Waals surface area contributed by atoms with Gasteiger partial charge in [0.05, 0.1) is 6.61 Å². The van der Waals surface area contributed by atoms with E-state index in [0.717, 1.165) is 17.2 Å². The molecule has 0 amide bonds. The van der Waals surface area contributed by atoms with Gasteiger partial charge in [-0.15, -0.1) is 0 Å². The zero-order valence-electron chi connectivity index (χ0n) is 9.87. The Morgan fingerprint density at radius 2 is 2.00 bits per heavy atom. The summed E-state index contributed by atoms with van der Waals surface area (Å²) in [6.07, 6.45) is 0. The van der Waals surface area contributed by atoms with Crippen molar-refractivity contribution in [3.63, 3.8) is 0 Å². The average molecular weight is 207 g/mol. The van der Waals surface area contributed by atoms with Crippen molar-refractivity contribution in [2.75, 3.05) is 6.61 Å². The molecule has 1 rings (SSSR count). The van der Waals surface area contributed by atoms with Gasteiger partial charge >= 0.3 is 0 Å². The van der Waals surface area contributed by atoms with Crippen LogP contribution < -0.4 is 4.74 Å². The van der Waals surface area contributed by atoms with Crippen LogP contribution in [0.4, 0.5) is 0 Å². The summed E-state index contributed by atoms with van der Waals surface area (Å²) < 4.78 is 5.74. The van der Waals surface area contributed by atoms with Crippen LogP contribution >= 0.6 is 0 Å². The van der Waals surface area contributed by atoms with Crippen molar-refractivity contribution < 1.29 is 9.84 Å². The number of benzene rings is 1. The monoisotopic (exact) mass is 207 g/mol. The molecule has 0 spiro atoms. The van der Waals surface area contributed by atoms with Crippen LogP contribution in [0, 0.1) is 5.92 Å². The third-order valence-corrected chi connectivity index (χ3v) is 1.99. The molecule has 0 bridgehead atoms. The van der Waals surface area contributed by atoms with Gasteiger partial charge in [0.1, 0.15) is 11.4 Å². The Balaban J connectivity index is 2.83. The SMILES string of the molecule is C[C](CO)c1cccc(OC(C)(C)C)c1. The number of hydrogen-bond donors (Lipinski definition) is 1. The van der Waals surface area contributed by atoms with E-state index in [9.17, 15) is 0 Å². The highest BCUT2D eigenvalue weighted by atomic mass is 16.5. The van der Waals surface area contributed by atoms with E-state index in [1.54, 1.807) is 0 Å². The normalized spacial score (nSPS) is 11.9. The lowest BCUT2D eigenvalue weighted by molar-refractivity contribution is 0.131. The van der Waals surface area contributed by atoms with Crippen molar-refractivity contribution in [2.24, 2.45) is 0 Å². The van der Waals surface area contributed by atoms with Crippen molar-refractivity contribution in [3.8, 4) is 5.75 Å². The van der Waals surface area contributed by atoms with Gasteiger partial charge in [0.2, 0.25) is 0 Å². The lowest BCUT2D eigenvalue weighted by Gasteiger charge is -2.22. The summed E-state index contributed by atoms with van der Waals surface area (Å²) in [6.45, 7) is 8.04. The fourth-order valence-corrected chi connectivity index (χ4v) is 1.27. The van der Waals surface area contributed by atoms with Crippen LogP contribution in [0.1, 0.15) is 33.3 Å². The zero-order valence-corrected chi connectivity index (χ0v) is 9.87. The minimum atomic E-state index is -0.189. The molecule has 1 N–H and O–H groups in total. The summed E-state index contributed by atoms with van der Waals surface area (Å²) in [6, 6.07) is 7.80. The van der Waals surface area contributed by atoms with Gasteiger partial charge in [0.25, 0.3) is 0 Å². The molecule has 0 saturated heterocycles. The molecular formula is C13H19O2. The lowest BCUT2D eigenvalue weighted by Crippen LogP contribution is -2.23. The lowest BCUT2D eigenvalue weighted by atomic mass is 10.0. The summed E-state index contributed by atoms with van der Waals surface area (Å²) in [7, 11) is 0. The number of aliphatic hydroxyl groups excluding tert-OH is 1. The first-order chi connectivity index (χ1) is 6.92. The van der Waals surface area contributed by atoms with E-state index in [1.165, 1.54) is 0 Å². The van der Waals surface area contributed by atoms with Crippen LogP contribution in [0.2, 0.25) is 0 Å². The smallest absolute Gasteiger partial charge is 0.120 e. The second-order valence-corrected chi connectivity index (χ2v) is 4.68. The predicted molar refractivity (Wildman–Crippen MR) is 61.9 cm³/mol. The van der Waals surface area contributed by atoms with Gasteiger partial charge in [-0.3, -0.25) is 0 Å². The van der Waals surface area contributed by atoms with Gasteiger partial charge in [-0.25, -0.2) is 0 Å². The van der Waals surface area contributed by atoms with Crippen LogP contribution in [-0.4, -0.2) is 17.3 Å². The predicted octanol–water partition coefficient (Wildman–Crippen LogP) is 2.80. The van der Waals surface area contributed by atoms with Crippen LogP contribution in [0.3, 0.4) is 0 Å². The first kappa shape index (κ1) is 12.1. The molecule has 0 aromatic heterocycles. The second kappa shape index (κ2) is 4.67. The fraction of sp³-hybridized carbons (Fsp3) is 0.462. The van der Waals surface area contributed by atoms with Gasteiger partial charge in [-0.05, 0) is 38.5 Å². The molecule has 0 unspecified atom stereocenters. The number of hydrogen-bond acceptors (Lipinski definition) is 2. The highest BCUT2D eigenvalue weighted by Crippen LogP contribution is 2.22. The largest absolute Gasteiger partial charge is 0.488 e. The number of rotatable bonds is 3. The molecule has 1 aromatic carbocycles. The molecule has 0 aliphatic rings. The summed E-state index contributed by atoms with van der Waals surface area (Å²) in [4.78, 5) is 0. The van der Waals surface area contributed by atoms with E-state index in [-0.39, 0.29) is 12.2 Å². The molecule has 15 heavy (non-hydrogen) atoms. The van der Waals surface area contributed by atoms with Crippen LogP contribution in [-0.2, 0) is 0 Å². The first-order valence-electron chi connectivity index (χ1n) is 5.15. The van der Waals surface area contributed by atoms with E-state index < -0.39 is 0 Å². The Morgan fingerprint density at radius 1 is 1.33 bits per heavy atom. The molecule has 1 aromatic rings. The fourth-order valence-electron chi connectivity index (χ4n) is 1.27. The molecule has 0 aliphatic heterocycles. The molecule has 0 heterocycles. The zero-order chi connectivity index (χ0) is 11.5. The van der Waals surface area contributed by atoms with E-state index in [2.05, 4.69) is 0 Å². The second-order valence-electron chi connectivity index (χ2n) is 4.68. The molecule has 0 saturated carbocycles. The Morgan fingerprint density at radius 3 is 2.53 bits per heavy atom. The third-order valence-electron chi connectivity index (χ3n) is 1.99. The maximum Gasteiger partial charge on any atom is 0.120 e. The van der Waals surface area contributed by atoms with Gasteiger partial charge < -0.3 is 9.84 Å². The van der Waals surface area contributed by atoms with Gasteiger partial charge in [0, 0.05) is 5.92 Å². The minimum Gasteiger partial charge on any atom is -0.488 e. The maximum absolute atomic E-state index is 9.03. The first-order valence-corrected chi connectivity index (χ1v) is 5.15. The van der Waals surface area contributed by atoms with Crippen molar-refractivity contribution in [1.82, 2.24) is 0 Å². The maximum atomic E-state index is 9.03. The highest BCUT2D eigenvalue weighted by Gasteiger charge is 2.12. The molecule has 2 heteroatoms. The summed E-state index contributed by atoms with van der Waals surface area (Å²) in [5.41, 5.74) is 0.838.